The molecule has 46 heavy (non-hydrogen) atoms. The number of rotatable bonds is 12. The first-order valence-corrected chi connectivity index (χ1v) is 15.0. The van der Waals surface area contributed by atoms with Gasteiger partial charge >= 0.3 is 5.97 Å². The summed E-state index contributed by atoms with van der Waals surface area (Å²) in [6.07, 6.45) is -0.475. The number of aliphatic hydroxyl groups is 3. The van der Waals surface area contributed by atoms with E-state index in [1.165, 1.54) is 36.6 Å². The molecule has 1 fully saturated rings. The molecular weight excluding hydrogens is 594 g/mol. The third-order valence-corrected chi connectivity index (χ3v) is 8.11. The summed E-state index contributed by atoms with van der Waals surface area (Å²) < 4.78 is 17.1. The number of carboxylic acid groups (broad SMARTS) is 1. The molecule has 0 bridgehead atoms. The van der Waals surface area contributed by atoms with Crippen LogP contribution in [-0.2, 0) is 9.53 Å². The van der Waals surface area contributed by atoms with Crippen molar-refractivity contribution in [1.82, 2.24) is 5.32 Å². The lowest BCUT2D eigenvalue weighted by Gasteiger charge is -2.46. The van der Waals surface area contributed by atoms with Crippen LogP contribution in [0.4, 0.5) is 0 Å². The molecule has 5 rings (SSSR count). The Morgan fingerprint density at radius 2 is 1.83 bits per heavy atom. The van der Waals surface area contributed by atoms with Crippen molar-refractivity contribution in [2.24, 2.45) is 5.92 Å². The molecule has 1 aromatic heterocycles. The molecule has 2 heterocycles. The fourth-order valence-electron chi connectivity index (χ4n) is 5.36. The van der Waals surface area contributed by atoms with E-state index in [2.05, 4.69) is 24.4 Å². The van der Waals surface area contributed by atoms with E-state index in [1.807, 2.05) is 30.3 Å². The Labute approximate surface area is 265 Å². The number of carboxylic acids is 1. The van der Waals surface area contributed by atoms with Gasteiger partial charge in [0.1, 0.15) is 35.6 Å². The van der Waals surface area contributed by atoms with Crippen LogP contribution in [0.2, 0.25) is 0 Å². The average Bonchev–Trinajstić information content (AvgIpc) is 3.04. The van der Waals surface area contributed by atoms with Crippen LogP contribution in [0.3, 0.4) is 0 Å². The number of hydrogen-bond donors (Lipinski definition) is 6. The summed E-state index contributed by atoms with van der Waals surface area (Å²) in [6, 6.07) is 20.3. The molecule has 6 atom stereocenters. The van der Waals surface area contributed by atoms with E-state index in [9.17, 15) is 35.1 Å². The van der Waals surface area contributed by atoms with Crippen molar-refractivity contribution in [3.8, 4) is 22.6 Å². The molecule has 242 valence electrons. The number of ether oxygens (including phenoxy) is 2. The summed E-state index contributed by atoms with van der Waals surface area (Å²) in [5.74, 6) is -1.13. The van der Waals surface area contributed by atoms with Gasteiger partial charge in [-0.3, -0.25) is 4.79 Å². The van der Waals surface area contributed by atoms with Gasteiger partial charge < -0.3 is 44.7 Å². The molecule has 11 nitrogen and oxygen atoms in total. The van der Waals surface area contributed by atoms with Gasteiger partial charge in [0.2, 0.25) is 6.29 Å². The van der Waals surface area contributed by atoms with E-state index >= 15 is 0 Å². The SMILES string of the molecule is CC(CC=Cc1ccccc1)CCNCC1(O)C(Oc2ccc3c(=O)c(-c4ccc(O)cc4)coc3c2)OC(C(=O)O)C(O)C1O. The maximum Gasteiger partial charge on any atom is 0.335 e. The number of carbonyl (C=O) groups is 1. The van der Waals surface area contributed by atoms with Gasteiger partial charge in [-0.25, -0.2) is 4.79 Å². The van der Waals surface area contributed by atoms with E-state index in [-0.39, 0.29) is 40.0 Å². The van der Waals surface area contributed by atoms with E-state index < -0.39 is 36.2 Å². The van der Waals surface area contributed by atoms with Gasteiger partial charge in [-0.2, -0.15) is 0 Å². The average molecular weight is 632 g/mol. The zero-order valence-corrected chi connectivity index (χ0v) is 25.2. The molecule has 6 unspecified atom stereocenters. The highest BCUT2D eigenvalue weighted by atomic mass is 16.7. The fraction of sp³-hybridized carbons (Fsp3) is 0.314. The molecular formula is C35H37NO10. The van der Waals surface area contributed by atoms with Crippen LogP contribution in [0.5, 0.6) is 11.5 Å². The van der Waals surface area contributed by atoms with Gasteiger partial charge in [0, 0.05) is 12.6 Å². The maximum atomic E-state index is 13.2. The number of benzene rings is 3. The summed E-state index contributed by atoms with van der Waals surface area (Å²) in [5, 5.41) is 55.5. The number of aromatic hydroxyl groups is 1. The summed E-state index contributed by atoms with van der Waals surface area (Å²) in [6.45, 7) is 2.25. The zero-order chi connectivity index (χ0) is 32.8. The highest BCUT2D eigenvalue weighted by Gasteiger charge is 2.58. The highest BCUT2D eigenvalue weighted by Crippen LogP contribution is 2.33. The number of aliphatic carboxylic acids is 1. The number of phenolic OH excluding ortho intramolecular Hbond substituents is 1. The monoisotopic (exact) mass is 631 g/mol. The van der Waals surface area contributed by atoms with E-state index in [0.717, 1.165) is 18.4 Å². The minimum Gasteiger partial charge on any atom is -0.508 e. The van der Waals surface area contributed by atoms with Crippen molar-refractivity contribution in [3.05, 3.63) is 101 Å². The quantitative estimate of drug-likeness (QED) is 0.126. The molecule has 0 aliphatic carbocycles. The molecule has 0 spiro atoms. The molecule has 1 saturated heterocycles. The van der Waals surface area contributed by atoms with Gasteiger partial charge in [-0.1, -0.05) is 61.5 Å². The Morgan fingerprint density at radius 1 is 1.09 bits per heavy atom. The van der Waals surface area contributed by atoms with Crippen molar-refractivity contribution in [1.29, 1.82) is 0 Å². The van der Waals surface area contributed by atoms with Gasteiger partial charge in [-0.15, -0.1) is 0 Å². The number of hydrogen-bond acceptors (Lipinski definition) is 10. The Bertz CT molecular complexity index is 1720. The first kappa shape index (κ1) is 32.9. The summed E-state index contributed by atoms with van der Waals surface area (Å²) in [7, 11) is 0. The van der Waals surface area contributed by atoms with Crippen LogP contribution in [0.1, 0.15) is 25.3 Å². The number of phenols is 1. The third kappa shape index (κ3) is 7.30. The van der Waals surface area contributed by atoms with E-state index in [0.29, 0.717) is 18.0 Å². The van der Waals surface area contributed by atoms with Crippen molar-refractivity contribution < 1.29 is 44.2 Å². The number of nitrogens with one attached hydrogen (secondary N) is 1. The topological polar surface area (TPSA) is 179 Å². The van der Waals surface area contributed by atoms with Crippen LogP contribution >= 0.6 is 0 Å². The predicted octanol–water partition coefficient (Wildman–Crippen LogP) is 3.53. The van der Waals surface area contributed by atoms with Gasteiger partial charge in [0.15, 0.2) is 17.1 Å². The van der Waals surface area contributed by atoms with E-state index in [1.54, 1.807) is 12.1 Å². The number of aliphatic hydroxyl groups excluding tert-OH is 2. The number of allylic oxidation sites excluding steroid dienone is 1. The van der Waals surface area contributed by atoms with Gasteiger partial charge in [0.25, 0.3) is 0 Å². The van der Waals surface area contributed by atoms with Crippen molar-refractivity contribution in [2.45, 2.75) is 50.0 Å². The highest BCUT2D eigenvalue weighted by molar-refractivity contribution is 5.82. The molecule has 0 amide bonds. The van der Waals surface area contributed by atoms with Crippen molar-refractivity contribution in [3.63, 3.8) is 0 Å². The Kier molecular flexibility index (Phi) is 10.2. The molecule has 4 aromatic rings. The summed E-state index contributed by atoms with van der Waals surface area (Å²) in [4.78, 5) is 25.0. The lowest BCUT2D eigenvalue weighted by molar-refractivity contribution is -0.311. The Hall–Kier alpha value is -4.52. The standard InChI is InChI=1S/C35H37NO10/c1-21(6-5-9-22-7-3-2-4-8-22)16-17-36-20-35(43)32(40)30(39)31(33(41)42)46-34(35)45-25-14-15-26-28(18-25)44-19-27(29(26)38)23-10-12-24(37)13-11-23/h2-5,7-15,18-19,21,30-32,34,36-37,39-40,43H,6,16-17,20H2,1H3,(H,41,42). The second-order valence-corrected chi connectivity index (χ2v) is 11.6. The van der Waals surface area contributed by atoms with Crippen LogP contribution < -0.4 is 15.5 Å². The van der Waals surface area contributed by atoms with Gasteiger partial charge in [0.05, 0.1) is 10.9 Å². The van der Waals surface area contributed by atoms with Crippen LogP contribution in [0.15, 0.2) is 94.3 Å². The Balaban J connectivity index is 1.28. The summed E-state index contributed by atoms with van der Waals surface area (Å²) >= 11 is 0. The molecule has 6 N–H and O–H groups in total. The lowest BCUT2D eigenvalue weighted by atomic mass is 9.86. The van der Waals surface area contributed by atoms with Crippen LogP contribution in [0.25, 0.3) is 28.2 Å². The molecule has 3 aromatic carbocycles. The second-order valence-electron chi connectivity index (χ2n) is 11.6. The summed E-state index contributed by atoms with van der Waals surface area (Å²) in [5.41, 5.74) is -0.499. The first-order valence-electron chi connectivity index (χ1n) is 15.0. The van der Waals surface area contributed by atoms with E-state index in [4.69, 9.17) is 13.9 Å². The zero-order valence-electron chi connectivity index (χ0n) is 25.2. The third-order valence-electron chi connectivity index (χ3n) is 8.11. The maximum absolute atomic E-state index is 13.2. The minimum absolute atomic E-state index is 0.0556. The molecule has 11 heteroatoms. The molecule has 0 saturated carbocycles. The van der Waals surface area contributed by atoms with Crippen LogP contribution in [-0.4, -0.2) is 74.8 Å². The second kappa shape index (κ2) is 14.3. The smallest absolute Gasteiger partial charge is 0.335 e. The van der Waals surface area contributed by atoms with Crippen LogP contribution in [0, 0.1) is 5.92 Å². The van der Waals surface area contributed by atoms with Gasteiger partial charge in [-0.05, 0) is 60.7 Å². The number of fused-ring (bicyclic) bond motifs is 1. The Morgan fingerprint density at radius 3 is 2.54 bits per heavy atom. The normalized spacial score (nSPS) is 23.8. The molecule has 1 aliphatic heterocycles. The fourth-order valence-corrected chi connectivity index (χ4v) is 5.36. The first-order chi connectivity index (χ1) is 22.1. The largest absolute Gasteiger partial charge is 0.508 e. The van der Waals surface area contributed by atoms with Crippen molar-refractivity contribution >= 4 is 23.0 Å². The molecule has 1 aliphatic rings. The predicted molar refractivity (Wildman–Crippen MR) is 170 cm³/mol. The minimum atomic E-state index is -2.25. The van der Waals surface area contributed by atoms with Crippen molar-refractivity contribution in [2.75, 3.05) is 13.1 Å². The lowest BCUT2D eigenvalue weighted by Crippen LogP contribution is -2.71. The molecule has 0 radical (unpaired) electrons.